The number of hydrogen-bond acceptors (Lipinski definition) is 5. The summed E-state index contributed by atoms with van der Waals surface area (Å²) in [4.78, 5) is 20.6. The Hall–Kier alpha value is -2.54. The van der Waals surface area contributed by atoms with Crippen LogP contribution >= 0.6 is 0 Å². The van der Waals surface area contributed by atoms with E-state index < -0.39 is 5.82 Å². The third-order valence-electron chi connectivity index (χ3n) is 4.32. The molecule has 0 aliphatic carbocycles. The average molecular weight is 359 g/mol. The summed E-state index contributed by atoms with van der Waals surface area (Å²) in [5.74, 6) is -0.311. The monoisotopic (exact) mass is 359 g/mol. The van der Waals surface area contributed by atoms with Gasteiger partial charge in [0.1, 0.15) is 11.6 Å². The highest BCUT2D eigenvalue weighted by molar-refractivity contribution is 5.97. The van der Waals surface area contributed by atoms with E-state index in [0.717, 1.165) is 18.9 Å². The molecule has 0 bridgehead atoms. The lowest BCUT2D eigenvalue weighted by Crippen LogP contribution is -2.43. The molecule has 1 aromatic heterocycles. The van der Waals surface area contributed by atoms with Gasteiger partial charge in [-0.1, -0.05) is 13.8 Å². The smallest absolute Gasteiger partial charge is 0.321 e. The van der Waals surface area contributed by atoms with Crippen LogP contribution in [0.25, 0.3) is 0 Å². The number of rotatable bonds is 5. The maximum absolute atomic E-state index is 13.7. The van der Waals surface area contributed by atoms with Gasteiger partial charge in [-0.25, -0.2) is 14.4 Å². The van der Waals surface area contributed by atoms with Gasteiger partial charge >= 0.3 is 6.01 Å². The summed E-state index contributed by atoms with van der Waals surface area (Å²) in [7, 11) is 0. The van der Waals surface area contributed by atoms with E-state index in [2.05, 4.69) is 29.1 Å². The second-order valence-electron chi connectivity index (χ2n) is 6.62. The van der Waals surface area contributed by atoms with Crippen molar-refractivity contribution in [1.29, 1.82) is 0 Å². The van der Waals surface area contributed by atoms with E-state index in [1.54, 1.807) is 6.07 Å². The minimum atomic E-state index is -0.511. The molecule has 1 saturated heterocycles. The van der Waals surface area contributed by atoms with Gasteiger partial charge in [-0.15, -0.1) is 0 Å². The molecule has 1 aromatic carbocycles. The molecular weight excluding hydrogens is 337 g/mol. The summed E-state index contributed by atoms with van der Waals surface area (Å²) in [6.45, 7) is 4.78. The van der Waals surface area contributed by atoms with Crippen LogP contribution in [0.4, 0.5) is 4.39 Å². The highest BCUT2D eigenvalue weighted by Gasteiger charge is 2.27. The van der Waals surface area contributed by atoms with Crippen LogP contribution in [0.1, 0.15) is 37.0 Å². The Morgan fingerprint density at radius 2 is 2.12 bits per heavy atom. The zero-order valence-electron chi connectivity index (χ0n) is 14.8. The predicted octanol–water partition coefficient (Wildman–Crippen LogP) is 3.34. The normalized spacial score (nSPS) is 20.0. The number of benzene rings is 1. The van der Waals surface area contributed by atoms with Gasteiger partial charge in [0.2, 0.25) is 0 Å². The van der Waals surface area contributed by atoms with Gasteiger partial charge in [-0.3, -0.25) is 4.79 Å². The average Bonchev–Trinajstić information content (AvgIpc) is 2.64. The van der Waals surface area contributed by atoms with E-state index in [-0.39, 0.29) is 35.4 Å². The fourth-order valence-corrected chi connectivity index (χ4v) is 2.89. The first-order valence-corrected chi connectivity index (χ1v) is 8.70. The molecule has 2 heterocycles. The van der Waals surface area contributed by atoms with Crippen molar-refractivity contribution in [3.8, 4) is 11.8 Å². The maximum atomic E-state index is 13.7. The summed E-state index contributed by atoms with van der Waals surface area (Å²) < 4.78 is 25.0. The highest BCUT2D eigenvalue weighted by atomic mass is 19.1. The number of hydrogen-bond donors (Lipinski definition) is 1. The molecule has 1 aliphatic heterocycles. The Labute approximate surface area is 151 Å². The van der Waals surface area contributed by atoms with Crippen LogP contribution < -0.4 is 10.1 Å². The van der Waals surface area contributed by atoms with Gasteiger partial charge in [0, 0.05) is 25.0 Å². The van der Waals surface area contributed by atoms with Crippen molar-refractivity contribution in [3.05, 3.63) is 48.0 Å². The molecule has 1 amide bonds. The molecule has 6 nitrogen and oxygen atoms in total. The zero-order chi connectivity index (χ0) is 18.5. The first kappa shape index (κ1) is 18.3. The van der Waals surface area contributed by atoms with E-state index in [0.29, 0.717) is 12.5 Å². The summed E-state index contributed by atoms with van der Waals surface area (Å²) in [6, 6.07) is 5.53. The van der Waals surface area contributed by atoms with Gasteiger partial charge in [0.15, 0.2) is 0 Å². The van der Waals surface area contributed by atoms with Crippen LogP contribution in [0.2, 0.25) is 0 Å². The third kappa shape index (κ3) is 4.54. The lowest BCUT2D eigenvalue weighted by molar-refractivity contribution is -0.0233. The Balaban J connectivity index is 1.75. The van der Waals surface area contributed by atoms with Gasteiger partial charge < -0.3 is 14.8 Å². The lowest BCUT2D eigenvalue weighted by atomic mass is 9.95. The number of halogens is 1. The standard InChI is InChI=1S/C19H22FN3O3/c1-12(2)17-11-14(6-9-25-17)23-18(24)15-10-13(20)4-5-16(15)26-19-21-7-3-8-22-19/h3-5,7-8,10,12,14,17H,6,9,11H2,1-2H3,(H,23,24). The molecule has 0 radical (unpaired) electrons. The van der Waals surface area contributed by atoms with Crippen molar-refractivity contribution < 1.29 is 18.7 Å². The second kappa shape index (κ2) is 8.23. The van der Waals surface area contributed by atoms with Gasteiger partial charge in [0.25, 0.3) is 5.91 Å². The van der Waals surface area contributed by atoms with Crippen molar-refractivity contribution in [2.24, 2.45) is 5.92 Å². The van der Waals surface area contributed by atoms with E-state index in [4.69, 9.17) is 9.47 Å². The third-order valence-corrected chi connectivity index (χ3v) is 4.32. The zero-order valence-corrected chi connectivity index (χ0v) is 14.8. The molecule has 1 aliphatic rings. The summed E-state index contributed by atoms with van der Waals surface area (Å²) in [6.07, 6.45) is 4.62. The van der Waals surface area contributed by atoms with Crippen molar-refractivity contribution in [3.63, 3.8) is 0 Å². The Morgan fingerprint density at radius 1 is 1.35 bits per heavy atom. The number of nitrogens with zero attached hydrogens (tertiary/aromatic N) is 2. The van der Waals surface area contributed by atoms with Crippen molar-refractivity contribution >= 4 is 5.91 Å². The SMILES string of the molecule is CC(C)C1CC(NC(=O)c2cc(F)ccc2Oc2ncccn2)CCO1. The van der Waals surface area contributed by atoms with E-state index >= 15 is 0 Å². The number of carbonyl (C=O) groups excluding carboxylic acids is 1. The Morgan fingerprint density at radius 3 is 2.85 bits per heavy atom. The van der Waals surface area contributed by atoms with Crippen molar-refractivity contribution in [1.82, 2.24) is 15.3 Å². The minimum absolute atomic E-state index is 0.0206. The van der Waals surface area contributed by atoms with Crippen LogP contribution in [-0.4, -0.2) is 34.6 Å². The fraction of sp³-hybridized carbons (Fsp3) is 0.421. The van der Waals surface area contributed by atoms with Gasteiger partial charge in [0.05, 0.1) is 11.7 Å². The highest BCUT2D eigenvalue weighted by Crippen LogP contribution is 2.25. The molecule has 2 unspecified atom stereocenters. The molecule has 3 rings (SSSR count). The van der Waals surface area contributed by atoms with Gasteiger partial charge in [-0.05, 0) is 43.0 Å². The molecule has 7 heteroatoms. The number of amides is 1. The molecule has 1 fully saturated rings. The summed E-state index contributed by atoms with van der Waals surface area (Å²) in [5.41, 5.74) is 0.116. The minimum Gasteiger partial charge on any atom is -0.423 e. The topological polar surface area (TPSA) is 73.3 Å². The summed E-state index contributed by atoms with van der Waals surface area (Å²) >= 11 is 0. The van der Waals surface area contributed by atoms with E-state index in [9.17, 15) is 9.18 Å². The molecule has 0 spiro atoms. The molecule has 26 heavy (non-hydrogen) atoms. The van der Waals surface area contributed by atoms with Crippen LogP contribution in [0.15, 0.2) is 36.7 Å². The van der Waals surface area contributed by atoms with Crippen LogP contribution in [0.3, 0.4) is 0 Å². The van der Waals surface area contributed by atoms with E-state index in [1.165, 1.54) is 24.5 Å². The quantitative estimate of drug-likeness (QED) is 0.886. The predicted molar refractivity (Wildman–Crippen MR) is 93.6 cm³/mol. The fourth-order valence-electron chi connectivity index (χ4n) is 2.89. The molecule has 0 saturated carbocycles. The van der Waals surface area contributed by atoms with Crippen LogP contribution in [-0.2, 0) is 4.74 Å². The van der Waals surface area contributed by atoms with Crippen molar-refractivity contribution in [2.75, 3.05) is 6.61 Å². The number of nitrogens with one attached hydrogen (secondary N) is 1. The second-order valence-corrected chi connectivity index (χ2v) is 6.62. The molecule has 2 aromatic rings. The number of carbonyl (C=O) groups is 1. The largest absolute Gasteiger partial charge is 0.423 e. The van der Waals surface area contributed by atoms with Gasteiger partial charge in [-0.2, -0.15) is 0 Å². The van der Waals surface area contributed by atoms with Crippen molar-refractivity contribution in [2.45, 2.75) is 38.8 Å². The Kier molecular flexibility index (Phi) is 5.78. The number of ether oxygens (including phenoxy) is 2. The summed E-state index contributed by atoms with van der Waals surface area (Å²) in [5, 5.41) is 2.97. The molecule has 1 N–H and O–H groups in total. The molecule has 138 valence electrons. The Bertz CT molecular complexity index is 755. The molecular formula is C19H22FN3O3. The lowest BCUT2D eigenvalue weighted by Gasteiger charge is -2.32. The first-order chi connectivity index (χ1) is 12.5. The van der Waals surface area contributed by atoms with Crippen LogP contribution in [0.5, 0.6) is 11.8 Å². The van der Waals surface area contributed by atoms with E-state index in [1.807, 2.05) is 0 Å². The molecule has 2 atom stereocenters. The number of aromatic nitrogens is 2. The van der Waals surface area contributed by atoms with Crippen LogP contribution in [0, 0.1) is 11.7 Å². The first-order valence-electron chi connectivity index (χ1n) is 8.70. The maximum Gasteiger partial charge on any atom is 0.321 e.